The lowest BCUT2D eigenvalue weighted by Gasteiger charge is -2.43. The zero-order valence-corrected chi connectivity index (χ0v) is 31.3. The van der Waals surface area contributed by atoms with Gasteiger partial charge in [-0.15, -0.1) is 0 Å². The molecular formula is C39H52BrO6P. The molecule has 2 aliphatic carbocycles. The summed E-state index contributed by atoms with van der Waals surface area (Å²) in [4.78, 5) is 13.7. The molecule has 3 aromatic rings. The van der Waals surface area contributed by atoms with Gasteiger partial charge in [0.25, 0.3) is 0 Å². The summed E-state index contributed by atoms with van der Waals surface area (Å²) in [6, 6.07) is 21.0. The van der Waals surface area contributed by atoms with Gasteiger partial charge in [0, 0.05) is 15.4 Å². The van der Waals surface area contributed by atoms with Gasteiger partial charge >= 0.3 is 13.6 Å². The maximum atomic E-state index is 15.7. The highest BCUT2D eigenvalue weighted by atomic mass is 79.9. The number of carbonyl (C=O) groups excluding carboxylic acids is 1. The first-order valence-corrected chi connectivity index (χ1v) is 19.9. The Kier molecular flexibility index (Phi) is 12.3. The second-order valence-electron chi connectivity index (χ2n) is 14.6. The quantitative estimate of drug-likeness (QED) is 0.137. The van der Waals surface area contributed by atoms with E-state index in [0.29, 0.717) is 35.0 Å². The number of halogens is 1. The maximum absolute atomic E-state index is 15.7. The van der Waals surface area contributed by atoms with E-state index < -0.39 is 19.4 Å². The SMILES string of the molecule is CC1CCC(C(C)C)C(OP(=O)(OC2CC(C)CCC2C(C)C)C(OC(=O)COc2cccc3ccccc23)c2ccc(Br)cc2)C1. The van der Waals surface area contributed by atoms with Gasteiger partial charge in [0.1, 0.15) is 5.75 Å². The molecule has 8 heteroatoms. The van der Waals surface area contributed by atoms with Crippen LogP contribution in [0.4, 0.5) is 0 Å². The van der Waals surface area contributed by atoms with Crippen LogP contribution in [0.2, 0.25) is 0 Å². The number of rotatable bonds is 12. The fourth-order valence-electron chi connectivity index (χ4n) is 7.54. The van der Waals surface area contributed by atoms with Crippen molar-refractivity contribution in [2.75, 3.05) is 6.61 Å². The molecule has 0 heterocycles. The van der Waals surface area contributed by atoms with Crippen molar-refractivity contribution in [1.82, 2.24) is 0 Å². The predicted molar refractivity (Wildman–Crippen MR) is 192 cm³/mol. The number of esters is 1. The second-order valence-corrected chi connectivity index (χ2v) is 17.5. The summed E-state index contributed by atoms with van der Waals surface area (Å²) in [5.41, 5.74) is 0.574. The minimum Gasteiger partial charge on any atom is -0.481 e. The number of hydrogen-bond acceptors (Lipinski definition) is 6. The number of hydrogen-bond donors (Lipinski definition) is 0. The lowest BCUT2D eigenvalue weighted by Crippen LogP contribution is -2.37. The Bertz CT molecular complexity index is 1480. The molecule has 0 radical (unpaired) electrons. The molecule has 0 bridgehead atoms. The van der Waals surface area contributed by atoms with E-state index in [-0.39, 0.29) is 30.7 Å². The average Bonchev–Trinajstić information content (AvgIpc) is 3.03. The van der Waals surface area contributed by atoms with Crippen molar-refractivity contribution in [2.24, 2.45) is 35.5 Å². The van der Waals surface area contributed by atoms with Crippen LogP contribution in [-0.4, -0.2) is 24.8 Å². The summed E-state index contributed by atoms with van der Waals surface area (Å²) < 4.78 is 42.5. The molecule has 7 atom stereocenters. The third-order valence-electron chi connectivity index (χ3n) is 10.3. The van der Waals surface area contributed by atoms with E-state index in [9.17, 15) is 4.79 Å². The Hall–Kier alpha value is -2.18. The molecule has 0 N–H and O–H groups in total. The number of carbonyl (C=O) groups is 1. The van der Waals surface area contributed by atoms with Gasteiger partial charge in [-0.1, -0.05) is 119 Å². The standard InChI is InChI=1S/C39H52BrO6P/c1-25(2)32-20-14-27(5)22-36(32)45-47(42,46-37-23-28(6)15-21-33(37)26(3)4)39(30-16-18-31(40)19-17-30)44-38(41)24-43-35-13-9-11-29-10-7-8-12-34(29)35/h7-13,16-19,25-28,32-33,36-37,39H,14-15,20-24H2,1-6H3. The highest BCUT2D eigenvalue weighted by molar-refractivity contribution is 9.10. The Morgan fingerprint density at radius 2 is 1.34 bits per heavy atom. The van der Waals surface area contributed by atoms with Crippen molar-refractivity contribution in [1.29, 1.82) is 0 Å². The third-order valence-corrected chi connectivity index (χ3v) is 12.9. The monoisotopic (exact) mass is 726 g/mol. The van der Waals surface area contributed by atoms with Gasteiger partial charge in [0.15, 0.2) is 6.61 Å². The van der Waals surface area contributed by atoms with E-state index in [4.69, 9.17) is 18.5 Å². The van der Waals surface area contributed by atoms with Crippen LogP contribution in [0, 0.1) is 35.5 Å². The maximum Gasteiger partial charge on any atom is 0.376 e. The van der Waals surface area contributed by atoms with E-state index in [1.165, 1.54) is 0 Å². The van der Waals surface area contributed by atoms with Crippen molar-refractivity contribution < 1.29 is 27.9 Å². The molecule has 0 saturated heterocycles. The molecule has 2 saturated carbocycles. The van der Waals surface area contributed by atoms with Crippen molar-refractivity contribution in [2.45, 2.75) is 98.1 Å². The van der Waals surface area contributed by atoms with Crippen molar-refractivity contribution in [3.8, 4) is 5.75 Å². The topological polar surface area (TPSA) is 71.1 Å². The summed E-state index contributed by atoms with van der Waals surface area (Å²) in [5.74, 6) is 0.734. The fraction of sp³-hybridized carbons (Fsp3) is 0.564. The summed E-state index contributed by atoms with van der Waals surface area (Å²) in [6.45, 7) is 12.9. The normalized spacial score (nSPS) is 27.0. The minimum absolute atomic E-state index is 0.227. The molecule has 5 rings (SSSR count). The Balaban J connectivity index is 1.50. The van der Waals surface area contributed by atoms with E-state index in [0.717, 1.165) is 53.8 Å². The molecular weight excluding hydrogens is 675 g/mol. The summed E-state index contributed by atoms with van der Waals surface area (Å²) >= 11 is 3.53. The van der Waals surface area contributed by atoms with E-state index in [1.54, 1.807) is 0 Å². The molecule has 6 nitrogen and oxygen atoms in total. The second kappa shape index (κ2) is 16.0. The first-order valence-electron chi connectivity index (χ1n) is 17.5. The minimum atomic E-state index is -4.11. The first kappa shape index (κ1) is 36.1. The molecule has 256 valence electrons. The highest BCUT2D eigenvalue weighted by Gasteiger charge is 2.49. The van der Waals surface area contributed by atoms with Crippen LogP contribution in [0.25, 0.3) is 10.8 Å². The van der Waals surface area contributed by atoms with Crippen LogP contribution in [0.1, 0.15) is 91.5 Å². The van der Waals surface area contributed by atoms with Crippen molar-refractivity contribution in [3.05, 3.63) is 76.8 Å². The molecule has 0 aromatic heterocycles. The van der Waals surface area contributed by atoms with Crippen molar-refractivity contribution in [3.63, 3.8) is 0 Å². The molecule has 47 heavy (non-hydrogen) atoms. The Morgan fingerprint density at radius 3 is 1.91 bits per heavy atom. The lowest BCUT2D eigenvalue weighted by atomic mass is 9.75. The van der Waals surface area contributed by atoms with Crippen LogP contribution in [0.5, 0.6) is 5.75 Å². The highest BCUT2D eigenvalue weighted by Crippen LogP contribution is 2.66. The van der Waals surface area contributed by atoms with Gasteiger partial charge in [0.2, 0.25) is 5.85 Å². The molecule has 0 amide bonds. The largest absolute Gasteiger partial charge is 0.481 e. The number of fused-ring (bicyclic) bond motifs is 1. The zero-order chi connectivity index (χ0) is 33.7. The molecule has 2 aliphatic rings. The fourth-order valence-corrected chi connectivity index (χ4v) is 10.1. The number of benzene rings is 3. The van der Waals surface area contributed by atoms with Gasteiger partial charge < -0.3 is 18.5 Å². The van der Waals surface area contributed by atoms with Crippen LogP contribution in [-0.2, 0) is 23.1 Å². The molecule has 2 fully saturated rings. The van der Waals surface area contributed by atoms with Crippen LogP contribution < -0.4 is 4.74 Å². The van der Waals surface area contributed by atoms with E-state index in [2.05, 4.69) is 57.5 Å². The number of ether oxygens (including phenoxy) is 2. The summed E-state index contributed by atoms with van der Waals surface area (Å²) in [5, 5.41) is 1.92. The predicted octanol–water partition coefficient (Wildman–Crippen LogP) is 11.4. The van der Waals surface area contributed by atoms with Gasteiger partial charge in [0.05, 0.1) is 12.2 Å². The third kappa shape index (κ3) is 9.09. The zero-order valence-electron chi connectivity index (χ0n) is 28.8. The Morgan fingerprint density at radius 1 is 0.787 bits per heavy atom. The molecule has 0 aliphatic heterocycles. The lowest BCUT2D eigenvalue weighted by molar-refractivity contribution is -0.149. The molecule has 0 spiro atoms. The molecule has 7 unspecified atom stereocenters. The van der Waals surface area contributed by atoms with Gasteiger partial charge in [-0.25, -0.2) is 4.79 Å². The summed E-state index contributed by atoms with van der Waals surface area (Å²) in [7, 11) is -4.11. The first-order chi connectivity index (χ1) is 22.4. The average molecular weight is 728 g/mol. The van der Waals surface area contributed by atoms with Crippen LogP contribution >= 0.6 is 23.5 Å². The summed E-state index contributed by atoms with van der Waals surface area (Å²) in [6.07, 6.45) is 5.26. The van der Waals surface area contributed by atoms with Gasteiger partial charge in [-0.05, 0) is 84.8 Å². The van der Waals surface area contributed by atoms with Crippen LogP contribution in [0.3, 0.4) is 0 Å². The Labute approximate surface area is 289 Å². The smallest absolute Gasteiger partial charge is 0.376 e. The molecule has 3 aromatic carbocycles. The van der Waals surface area contributed by atoms with Crippen LogP contribution in [0.15, 0.2) is 71.2 Å². The van der Waals surface area contributed by atoms with E-state index in [1.807, 2.05) is 66.7 Å². The van der Waals surface area contributed by atoms with Gasteiger partial charge in [-0.2, -0.15) is 0 Å². The van der Waals surface area contributed by atoms with Gasteiger partial charge in [-0.3, -0.25) is 4.57 Å². The van der Waals surface area contributed by atoms with Crippen molar-refractivity contribution >= 4 is 40.3 Å². The van der Waals surface area contributed by atoms with E-state index >= 15 is 4.57 Å².